The van der Waals surface area contributed by atoms with Gasteiger partial charge in [0.05, 0.1) is 11.6 Å². The van der Waals surface area contributed by atoms with Crippen LogP contribution in [0.5, 0.6) is 0 Å². The van der Waals surface area contributed by atoms with E-state index in [0.29, 0.717) is 11.5 Å². The second-order valence-corrected chi connectivity index (χ2v) is 4.84. The highest BCUT2D eigenvalue weighted by molar-refractivity contribution is 5.69. The van der Waals surface area contributed by atoms with Gasteiger partial charge in [-0.25, -0.2) is 0 Å². The zero-order valence-electron chi connectivity index (χ0n) is 11.4. The van der Waals surface area contributed by atoms with E-state index >= 15 is 0 Å². The van der Waals surface area contributed by atoms with E-state index in [4.69, 9.17) is 11.0 Å². The summed E-state index contributed by atoms with van der Waals surface area (Å²) in [7, 11) is 0. The Kier molecular flexibility index (Phi) is 3.87. The minimum absolute atomic E-state index is 0.481. The Bertz CT molecular complexity index is 606. The molecule has 19 heavy (non-hydrogen) atoms. The lowest BCUT2D eigenvalue weighted by molar-refractivity contribution is 0.736. The molecule has 0 amide bonds. The van der Waals surface area contributed by atoms with Crippen LogP contribution >= 0.6 is 0 Å². The average Bonchev–Trinajstić information content (AvgIpc) is 2.46. The van der Waals surface area contributed by atoms with Gasteiger partial charge in [0, 0.05) is 5.69 Å². The average molecular weight is 250 g/mol. The van der Waals surface area contributed by atoms with E-state index in [9.17, 15) is 0 Å². The lowest BCUT2D eigenvalue weighted by Crippen LogP contribution is -1.98. The van der Waals surface area contributed by atoms with Crippen LogP contribution in [0.1, 0.15) is 37.3 Å². The number of hydrogen-bond donors (Lipinski definition) is 1. The summed E-state index contributed by atoms with van der Waals surface area (Å²) in [5.41, 5.74) is 11.0. The predicted octanol–water partition coefficient (Wildman–Crippen LogP) is 4.32. The zero-order chi connectivity index (χ0) is 13.8. The molecule has 2 heteroatoms. The summed E-state index contributed by atoms with van der Waals surface area (Å²) in [5, 5.41) is 8.80. The molecule has 1 atom stereocenters. The molecule has 2 aromatic rings. The number of anilines is 1. The first-order valence-corrected chi connectivity index (χ1v) is 6.55. The first-order valence-electron chi connectivity index (χ1n) is 6.55. The zero-order valence-corrected chi connectivity index (χ0v) is 11.4. The Morgan fingerprint density at radius 1 is 1.11 bits per heavy atom. The molecule has 2 nitrogen and oxygen atoms in total. The molecule has 0 aromatic heterocycles. The molecule has 0 heterocycles. The standard InChI is InChI=1S/C17H18N2/c1-3-12(2)16-9-8-15(10-17(16)19)14-6-4-13(11-18)5-7-14/h4-10,12H,3,19H2,1-2H3. The summed E-state index contributed by atoms with van der Waals surface area (Å²) in [4.78, 5) is 0. The molecule has 2 N–H and O–H groups in total. The van der Waals surface area contributed by atoms with Gasteiger partial charge in [0.1, 0.15) is 0 Å². The van der Waals surface area contributed by atoms with Gasteiger partial charge in [-0.15, -0.1) is 0 Å². The van der Waals surface area contributed by atoms with Gasteiger partial charge in [-0.2, -0.15) is 5.26 Å². The monoisotopic (exact) mass is 250 g/mol. The van der Waals surface area contributed by atoms with Crippen molar-refractivity contribution in [1.29, 1.82) is 5.26 Å². The molecule has 2 aromatic carbocycles. The quantitative estimate of drug-likeness (QED) is 0.825. The molecule has 0 fully saturated rings. The maximum Gasteiger partial charge on any atom is 0.0991 e. The minimum atomic E-state index is 0.481. The molecule has 1 unspecified atom stereocenters. The first-order chi connectivity index (χ1) is 9.15. The summed E-state index contributed by atoms with van der Waals surface area (Å²) >= 11 is 0. The number of benzene rings is 2. The maximum atomic E-state index is 8.80. The van der Waals surface area contributed by atoms with Gasteiger partial charge in [0.15, 0.2) is 0 Å². The first kappa shape index (κ1) is 13.2. The lowest BCUT2D eigenvalue weighted by atomic mass is 9.94. The number of nitrogens with zero attached hydrogens (tertiary/aromatic N) is 1. The van der Waals surface area contributed by atoms with Crippen molar-refractivity contribution in [1.82, 2.24) is 0 Å². The minimum Gasteiger partial charge on any atom is -0.398 e. The summed E-state index contributed by atoms with van der Waals surface area (Å²) in [6.07, 6.45) is 1.08. The van der Waals surface area contributed by atoms with E-state index in [-0.39, 0.29) is 0 Å². The van der Waals surface area contributed by atoms with Crippen LogP contribution in [0.3, 0.4) is 0 Å². The highest BCUT2D eigenvalue weighted by Gasteiger charge is 2.08. The molecule has 0 aliphatic rings. The van der Waals surface area contributed by atoms with Gasteiger partial charge < -0.3 is 5.73 Å². The summed E-state index contributed by atoms with van der Waals surface area (Å²) < 4.78 is 0. The molecular weight excluding hydrogens is 232 g/mol. The van der Waals surface area contributed by atoms with E-state index in [1.165, 1.54) is 5.56 Å². The van der Waals surface area contributed by atoms with Crippen LogP contribution in [0.25, 0.3) is 11.1 Å². The third-order valence-electron chi connectivity index (χ3n) is 3.58. The van der Waals surface area contributed by atoms with Crippen molar-refractivity contribution in [3.63, 3.8) is 0 Å². The second-order valence-electron chi connectivity index (χ2n) is 4.84. The summed E-state index contributed by atoms with van der Waals surface area (Å²) in [6.45, 7) is 4.35. The Morgan fingerprint density at radius 3 is 2.26 bits per heavy atom. The van der Waals surface area contributed by atoms with Crippen molar-refractivity contribution in [3.8, 4) is 17.2 Å². The molecule has 0 saturated carbocycles. The molecule has 2 rings (SSSR count). The van der Waals surface area contributed by atoms with E-state index < -0.39 is 0 Å². The Hall–Kier alpha value is -2.27. The van der Waals surface area contributed by atoms with Crippen LogP contribution in [0.2, 0.25) is 0 Å². The Balaban J connectivity index is 2.36. The van der Waals surface area contributed by atoms with Crippen LogP contribution in [-0.4, -0.2) is 0 Å². The second kappa shape index (κ2) is 5.58. The van der Waals surface area contributed by atoms with E-state index in [0.717, 1.165) is 23.2 Å². The fraction of sp³-hybridized carbons (Fsp3) is 0.235. The van der Waals surface area contributed by atoms with Crippen molar-refractivity contribution in [2.45, 2.75) is 26.2 Å². The number of nitriles is 1. The molecule has 0 spiro atoms. The highest BCUT2D eigenvalue weighted by atomic mass is 14.6. The van der Waals surface area contributed by atoms with Gasteiger partial charge in [0.2, 0.25) is 0 Å². The van der Waals surface area contributed by atoms with Crippen molar-refractivity contribution in [3.05, 3.63) is 53.6 Å². The number of hydrogen-bond acceptors (Lipinski definition) is 2. The normalized spacial score (nSPS) is 11.8. The number of nitrogens with two attached hydrogens (primary N) is 1. The fourth-order valence-corrected chi connectivity index (χ4v) is 2.16. The smallest absolute Gasteiger partial charge is 0.0991 e. The van der Waals surface area contributed by atoms with Crippen molar-refractivity contribution < 1.29 is 0 Å². The number of nitrogen functional groups attached to an aromatic ring is 1. The van der Waals surface area contributed by atoms with Crippen LogP contribution in [0.4, 0.5) is 5.69 Å². The van der Waals surface area contributed by atoms with Gasteiger partial charge in [-0.05, 0) is 47.2 Å². The predicted molar refractivity (Wildman–Crippen MR) is 79.7 cm³/mol. The summed E-state index contributed by atoms with van der Waals surface area (Å²) in [5.74, 6) is 0.481. The molecule has 0 bridgehead atoms. The van der Waals surface area contributed by atoms with Gasteiger partial charge in [-0.3, -0.25) is 0 Å². The third-order valence-corrected chi connectivity index (χ3v) is 3.58. The van der Waals surface area contributed by atoms with Crippen molar-refractivity contribution in [2.75, 3.05) is 5.73 Å². The van der Waals surface area contributed by atoms with E-state index in [1.807, 2.05) is 30.3 Å². The van der Waals surface area contributed by atoms with Gasteiger partial charge in [-0.1, -0.05) is 38.1 Å². The SMILES string of the molecule is CCC(C)c1ccc(-c2ccc(C#N)cc2)cc1N. The molecular formula is C17H18N2. The van der Waals surface area contributed by atoms with Crippen molar-refractivity contribution >= 4 is 5.69 Å². The van der Waals surface area contributed by atoms with Crippen LogP contribution in [0, 0.1) is 11.3 Å². The van der Waals surface area contributed by atoms with Crippen molar-refractivity contribution in [2.24, 2.45) is 0 Å². The van der Waals surface area contributed by atoms with Crippen LogP contribution in [0.15, 0.2) is 42.5 Å². The molecule has 0 aliphatic heterocycles. The number of rotatable bonds is 3. The molecule has 96 valence electrons. The van der Waals surface area contributed by atoms with E-state index in [1.54, 1.807) is 0 Å². The largest absolute Gasteiger partial charge is 0.398 e. The van der Waals surface area contributed by atoms with Gasteiger partial charge in [0.25, 0.3) is 0 Å². The fourth-order valence-electron chi connectivity index (χ4n) is 2.16. The molecule has 0 radical (unpaired) electrons. The van der Waals surface area contributed by atoms with Crippen LogP contribution in [-0.2, 0) is 0 Å². The Morgan fingerprint density at radius 2 is 1.74 bits per heavy atom. The van der Waals surface area contributed by atoms with Crippen LogP contribution < -0.4 is 5.73 Å². The maximum absolute atomic E-state index is 8.80. The molecule has 0 aliphatic carbocycles. The highest BCUT2D eigenvalue weighted by Crippen LogP contribution is 2.29. The topological polar surface area (TPSA) is 49.8 Å². The van der Waals surface area contributed by atoms with Gasteiger partial charge >= 0.3 is 0 Å². The Labute approximate surface area is 114 Å². The molecule has 0 saturated heterocycles. The van der Waals surface area contributed by atoms with E-state index in [2.05, 4.69) is 32.0 Å². The third kappa shape index (κ3) is 2.77. The summed E-state index contributed by atoms with van der Waals surface area (Å²) in [6, 6.07) is 15.9. The lowest BCUT2D eigenvalue weighted by Gasteiger charge is -2.13.